The molecule has 2 aromatic carbocycles. The fraction of sp³-hybridized carbons (Fsp3) is 0.294. The Balaban J connectivity index is 1.89. The fourth-order valence-corrected chi connectivity index (χ4v) is 3.20. The van der Waals surface area contributed by atoms with Gasteiger partial charge in [-0.15, -0.1) is 0 Å². The van der Waals surface area contributed by atoms with Crippen LogP contribution in [0.3, 0.4) is 0 Å². The number of fused-ring (bicyclic) bond motifs is 1. The zero-order chi connectivity index (χ0) is 13.9. The number of rotatable bonds is 2. The van der Waals surface area contributed by atoms with E-state index in [1.54, 1.807) is 0 Å². The molecule has 3 heteroatoms. The number of anilines is 1. The highest BCUT2D eigenvalue weighted by Crippen LogP contribution is 2.29. The molecular formula is C17H19ClN2. The molecule has 2 aromatic rings. The van der Waals surface area contributed by atoms with Gasteiger partial charge in [0.25, 0.3) is 0 Å². The lowest BCUT2D eigenvalue weighted by Gasteiger charge is -2.25. The maximum Gasteiger partial charge on any atom is 0.0471 e. The molecule has 2 nitrogen and oxygen atoms in total. The zero-order valence-corrected chi connectivity index (χ0v) is 12.2. The third-order valence-corrected chi connectivity index (χ3v) is 4.41. The minimum Gasteiger partial charge on any atom is -0.371 e. The number of nitrogens with zero attached hydrogens (tertiary/aromatic N) is 1. The molecule has 0 aliphatic carbocycles. The first kappa shape index (κ1) is 13.5. The van der Waals surface area contributed by atoms with Gasteiger partial charge in [0.05, 0.1) is 0 Å². The second-order valence-corrected chi connectivity index (χ2v) is 5.60. The van der Waals surface area contributed by atoms with E-state index in [2.05, 4.69) is 35.2 Å². The van der Waals surface area contributed by atoms with Crippen LogP contribution in [0, 0.1) is 0 Å². The first-order valence-electron chi connectivity index (χ1n) is 7.09. The van der Waals surface area contributed by atoms with Crippen molar-refractivity contribution in [3.8, 4) is 0 Å². The molecule has 0 spiro atoms. The van der Waals surface area contributed by atoms with Crippen LogP contribution in [0.5, 0.6) is 0 Å². The summed E-state index contributed by atoms with van der Waals surface area (Å²) in [5, 5.41) is 0.770. The molecule has 0 aromatic heterocycles. The Labute approximate surface area is 125 Å². The summed E-state index contributed by atoms with van der Waals surface area (Å²) in [6.07, 6.45) is 2.15. The third-order valence-electron chi connectivity index (χ3n) is 4.06. The van der Waals surface area contributed by atoms with E-state index in [0.29, 0.717) is 6.54 Å². The molecule has 1 heterocycles. The van der Waals surface area contributed by atoms with Crippen molar-refractivity contribution in [1.29, 1.82) is 0 Å². The number of benzene rings is 2. The van der Waals surface area contributed by atoms with E-state index in [-0.39, 0.29) is 0 Å². The number of nitrogens with two attached hydrogens (primary N) is 1. The van der Waals surface area contributed by atoms with Gasteiger partial charge in [0.15, 0.2) is 0 Å². The second kappa shape index (κ2) is 5.86. The van der Waals surface area contributed by atoms with Crippen molar-refractivity contribution < 1.29 is 0 Å². The van der Waals surface area contributed by atoms with Crippen molar-refractivity contribution in [2.45, 2.75) is 19.4 Å². The van der Waals surface area contributed by atoms with Crippen LogP contribution in [0.25, 0.3) is 0 Å². The van der Waals surface area contributed by atoms with Crippen LogP contribution < -0.4 is 10.6 Å². The standard InChI is InChI=1S/C17H19ClN2/c18-16-6-3-7-17(15(16)12-19)20-10-8-13-4-1-2-5-14(13)9-11-20/h1-7H,8-12,19H2. The second-order valence-electron chi connectivity index (χ2n) is 5.20. The smallest absolute Gasteiger partial charge is 0.0471 e. The summed E-state index contributed by atoms with van der Waals surface area (Å²) in [6, 6.07) is 14.8. The van der Waals surface area contributed by atoms with Crippen molar-refractivity contribution in [3.63, 3.8) is 0 Å². The molecule has 0 unspecified atom stereocenters. The zero-order valence-electron chi connectivity index (χ0n) is 11.5. The molecule has 0 fully saturated rings. The van der Waals surface area contributed by atoms with Crippen molar-refractivity contribution in [3.05, 3.63) is 64.2 Å². The van der Waals surface area contributed by atoms with Gasteiger partial charge in [-0.25, -0.2) is 0 Å². The average Bonchev–Trinajstić information content (AvgIpc) is 2.69. The Bertz CT molecular complexity index is 583. The summed E-state index contributed by atoms with van der Waals surface area (Å²) >= 11 is 6.27. The molecule has 2 N–H and O–H groups in total. The third kappa shape index (κ3) is 2.54. The van der Waals surface area contributed by atoms with Gasteiger partial charge in [0, 0.05) is 35.9 Å². The Hall–Kier alpha value is -1.51. The SMILES string of the molecule is NCc1c(Cl)cccc1N1CCc2ccccc2CC1. The van der Waals surface area contributed by atoms with Crippen LogP contribution in [-0.2, 0) is 19.4 Å². The molecule has 1 aliphatic rings. The van der Waals surface area contributed by atoms with Gasteiger partial charge in [-0.1, -0.05) is 41.9 Å². The summed E-state index contributed by atoms with van der Waals surface area (Å²) in [4.78, 5) is 2.41. The molecule has 0 radical (unpaired) electrons. The van der Waals surface area contributed by atoms with E-state index in [4.69, 9.17) is 17.3 Å². The summed E-state index contributed by atoms with van der Waals surface area (Å²) < 4.78 is 0. The molecule has 0 bridgehead atoms. The molecule has 0 atom stereocenters. The van der Waals surface area contributed by atoms with Crippen molar-refractivity contribution in [1.82, 2.24) is 0 Å². The lowest BCUT2D eigenvalue weighted by molar-refractivity contribution is 0.798. The van der Waals surface area contributed by atoms with Crippen LogP contribution in [-0.4, -0.2) is 13.1 Å². The van der Waals surface area contributed by atoms with E-state index in [1.807, 2.05) is 12.1 Å². The molecule has 1 aliphatic heterocycles. The molecule has 20 heavy (non-hydrogen) atoms. The van der Waals surface area contributed by atoms with Crippen LogP contribution in [0.15, 0.2) is 42.5 Å². The molecular weight excluding hydrogens is 268 g/mol. The topological polar surface area (TPSA) is 29.3 Å². The number of hydrogen-bond donors (Lipinski definition) is 1. The van der Waals surface area contributed by atoms with E-state index in [0.717, 1.165) is 36.5 Å². The quantitative estimate of drug-likeness (QED) is 0.917. The lowest BCUT2D eigenvalue weighted by Crippen LogP contribution is -2.27. The minimum absolute atomic E-state index is 0.485. The Morgan fingerprint density at radius 1 is 0.950 bits per heavy atom. The van der Waals surface area contributed by atoms with E-state index >= 15 is 0 Å². The minimum atomic E-state index is 0.485. The maximum absolute atomic E-state index is 6.27. The first-order valence-corrected chi connectivity index (χ1v) is 7.46. The van der Waals surface area contributed by atoms with Gasteiger partial charge in [-0.05, 0) is 36.1 Å². The Morgan fingerprint density at radius 2 is 1.60 bits per heavy atom. The van der Waals surface area contributed by atoms with Crippen LogP contribution in [0.2, 0.25) is 5.02 Å². The monoisotopic (exact) mass is 286 g/mol. The predicted octanol–water partition coefficient (Wildman–Crippen LogP) is 3.40. The lowest BCUT2D eigenvalue weighted by atomic mass is 10.0. The van der Waals surface area contributed by atoms with Crippen LogP contribution in [0.1, 0.15) is 16.7 Å². The van der Waals surface area contributed by atoms with E-state index < -0.39 is 0 Å². The number of halogens is 1. The molecule has 0 saturated heterocycles. The van der Waals surface area contributed by atoms with Crippen molar-refractivity contribution in [2.24, 2.45) is 5.73 Å². The molecule has 0 saturated carbocycles. The normalized spacial score (nSPS) is 14.8. The van der Waals surface area contributed by atoms with E-state index in [9.17, 15) is 0 Å². The summed E-state index contributed by atoms with van der Waals surface area (Å²) in [7, 11) is 0. The van der Waals surface area contributed by atoms with Crippen molar-refractivity contribution in [2.75, 3.05) is 18.0 Å². The summed E-state index contributed by atoms with van der Waals surface area (Å²) in [6.45, 7) is 2.52. The van der Waals surface area contributed by atoms with Gasteiger partial charge < -0.3 is 10.6 Å². The highest BCUT2D eigenvalue weighted by molar-refractivity contribution is 6.31. The van der Waals surface area contributed by atoms with Gasteiger partial charge >= 0.3 is 0 Å². The summed E-state index contributed by atoms with van der Waals surface area (Å²) in [5.74, 6) is 0. The summed E-state index contributed by atoms with van der Waals surface area (Å²) in [5.41, 5.74) is 11.0. The fourth-order valence-electron chi connectivity index (χ4n) is 2.95. The maximum atomic E-state index is 6.27. The highest BCUT2D eigenvalue weighted by Gasteiger charge is 2.17. The van der Waals surface area contributed by atoms with E-state index in [1.165, 1.54) is 16.8 Å². The molecule has 0 amide bonds. The van der Waals surface area contributed by atoms with Crippen LogP contribution >= 0.6 is 11.6 Å². The average molecular weight is 287 g/mol. The molecule has 3 rings (SSSR count). The van der Waals surface area contributed by atoms with Gasteiger partial charge in [0.1, 0.15) is 0 Å². The largest absolute Gasteiger partial charge is 0.371 e. The van der Waals surface area contributed by atoms with Gasteiger partial charge in [0.2, 0.25) is 0 Å². The molecule has 104 valence electrons. The van der Waals surface area contributed by atoms with Crippen molar-refractivity contribution >= 4 is 17.3 Å². The highest BCUT2D eigenvalue weighted by atomic mass is 35.5. The predicted molar refractivity (Wildman–Crippen MR) is 85.4 cm³/mol. The van der Waals surface area contributed by atoms with Gasteiger partial charge in [-0.3, -0.25) is 0 Å². The van der Waals surface area contributed by atoms with Crippen LogP contribution in [0.4, 0.5) is 5.69 Å². The first-order chi connectivity index (χ1) is 9.79. The van der Waals surface area contributed by atoms with Gasteiger partial charge in [-0.2, -0.15) is 0 Å². The number of hydrogen-bond acceptors (Lipinski definition) is 2. The Kier molecular flexibility index (Phi) is 3.95. The Morgan fingerprint density at radius 3 is 2.20 bits per heavy atom.